The minimum Gasteiger partial charge on any atom is -0.394 e. The first-order chi connectivity index (χ1) is 8.75. The molecule has 106 valence electrons. The van der Waals surface area contributed by atoms with Crippen molar-refractivity contribution in [3.05, 3.63) is 23.4 Å². The highest BCUT2D eigenvalue weighted by atomic mass is 32.2. The summed E-state index contributed by atoms with van der Waals surface area (Å²) in [5.41, 5.74) is 3.71. The van der Waals surface area contributed by atoms with Gasteiger partial charge in [-0.2, -0.15) is 13.2 Å². The smallest absolute Gasteiger partial charge is 0.394 e. The number of halogens is 3. The monoisotopic (exact) mass is 296 g/mol. The number of aliphatic hydroxyl groups is 2. The third-order valence-corrected chi connectivity index (χ3v) is 3.18. The maximum absolute atomic E-state index is 12.5. The number of primary amides is 1. The molecule has 0 bridgehead atoms. The van der Waals surface area contributed by atoms with E-state index in [4.69, 9.17) is 15.9 Å². The van der Waals surface area contributed by atoms with Crippen LogP contribution >= 0.6 is 11.8 Å². The van der Waals surface area contributed by atoms with Crippen LogP contribution < -0.4 is 5.73 Å². The molecule has 19 heavy (non-hydrogen) atoms. The van der Waals surface area contributed by atoms with Crippen LogP contribution in [0.4, 0.5) is 13.2 Å². The highest BCUT2D eigenvalue weighted by Crippen LogP contribution is 2.31. The lowest BCUT2D eigenvalue weighted by molar-refractivity contribution is -0.141. The number of hydrogen-bond acceptors (Lipinski definition) is 5. The number of carbonyl (C=O) groups excluding carboxylic acids is 1. The van der Waals surface area contributed by atoms with E-state index >= 15 is 0 Å². The molecule has 1 amide bonds. The molecule has 0 aliphatic rings. The van der Waals surface area contributed by atoms with Gasteiger partial charge in [-0.3, -0.25) is 4.79 Å². The predicted molar refractivity (Wildman–Crippen MR) is 61.6 cm³/mol. The van der Waals surface area contributed by atoms with Crippen molar-refractivity contribution >= 4 is 17.7 Å². The van der Waals surface area contributed by atoms with Gasteiger partial charge < -0.3 is 15.9 Å². The number of nitrogens with zero attached hydrogens (tertiary/aromatic N) is 1. The Kier molecular flexibility index (Phi) is 5.15. The van der Waals surface area contributed by atoms with Crippen molar-refractivity contribution in [2.45, 2.75) is 17.3 Å². The molecule has 0 aromatic carbocycles. The Balaban J connectivity index is 3.06. The van der Waals surface area contributed by atoms with Gasteiger partial charge in [0, 0.05) is 5.75 Å². The molecule has 0 radical (unpaired) electrons. The fourth-order valence-corrected chi connectivity index (χ4v) is 2.07. The molecule has 0 aliphatic heterocycles. The predicted octanol–water partition coefficient (Wildman–Crippen LogP) is 0.645. The minimum absolute atomic E-state index is 0.106. The summed E-state index contributed by atoms with van der Waals surface area (Å²) >= 11 is 0.716. The van der Waals surface area contributed by atoms with Crippen LogP contribution in [0.1, 0.15) is 16.1 Å². The van der Waals surface area contributed by atoms with Crippen LogP contribution in [0.15, 0.2) is 17.2 Å². The zero-order valence-corrected chi connectivity index (χ0v) is 10.3. The second kappa shape index (κ2) is 6.22. The molecule has 0 spiro atoms. The summed E-state index contributed by atoms with van der Waals surface area (Å²) in [4.78, 5) is 14.4. The van der Waals surface area contributed by atoms with Crippen molar-refractivity contribution in [1.82, 2.24) is 4.98 Å². The molecule has 4 N–H and O–H groups in total. The first kappa shape index (κ1) is 15.7. The summed E-state index contributed by atoms with van der Waals surface area (Å²) < 4.78 is 37.5. The Labute approximate surface area is 110 Å². The van der Waals surface area contributed by atoms with E-state index in [0.717, 1.165) is 6.07 Å². The maximum Gasteiger partial charge on any atom is 0.433 e. The fraction of sp³-hybridized carbons (Fsp3) is 0.400. The molecule has 9 heteroatoms. The molecule has 0 aliphatic carbocycles. The van der Waals surface area contributed by atoms with Gasteiger partial charge >= 0.3 is 6.18 Å². The van der Waals surface area contributed by atoms with Gasteiger partial charge in [0.15, 0.2) is 0 Å². The molecule has 1 aromatic heterocycles. The van der Waals surface area contributed by atoms with Crippen molar-refractivity contribution < 1.29 is 28.2 Å². The average Bonchev–Trinajstić information content (AvgIpc) is 2.34. The van der Waals surface area contributed by atoms with E-state index in [2.05, 4.69) is 4.98 Å². The van der Waals surface area contributed by atoms with Crippen LogP contribution in [0.3, 0.4) is 0 Å². The molecule has 1 rings (SSSR count). The second-order valence-corrected chi connectivity index (χ2v) is 4.57. The van der Waals surface area contributed by atoms with Crippen LogP contribution in [0.5, 0.6) is 0 Å². The quantitative estimate of drug-likeness (QED) is 0.693. The zero-order chi connectivity index (χ0) is 14.6. The lowest BCUT2D eigenvalue weighted by Gasteiger charge is -2.11. The Bertz CT molecular complexity index is 468. The molecule has 0 fully saturated rings. The van der Waals surface area contributed by atoms with Gasteiger partial charge in [0.05, 0.1) is 18.3 Å². The van der Waals surface area contributed by atoms with Crippen LogP contribution in [0, 0.1) is 0 Å². The summed E-state index contributed by atoms with van der Waals surface area (Å²) in [7, 11) is 0. The van der Waals surface area contributed by atoms with Gasteiger partial charge in [-0.05, 0) is 12.1 Å². The Morgan fingerprint density at radius 2 is 2.11 bits per heavy atom. The van der Waals surface area contributed by atoms with E-state index in [-0.39, 0.29) is 16.3 Å². The number of thioether (sulfide) groups is 1. The Morgan fingerprint density at radius 3 is 2.58 bits per heavy atom. The minimum atomic E-state index is -4.64. The van der Waals surface area contributed by atoms with Crippen LogP contribution in [0.2, 0.25) is 0 Å². The van der Waals surface area contributed by atoms with Crippen LogP contribution in [-0.4, -0.2) is 39.6 Å². The average molecular weight is 296 g/mol. The highest BCUT2D eigenvalue weighted by molar-refractivity contribution is 7.99. The first-order valence-corrected chi connectivity index (χ1v) is 6.04. The van der Waals surface area contributed by atoms with Crippen molar-refractivity contribution in [3.8, 4) is 0 Å². The van der Waals surface area contributed by atoms with Crippen LogP contribution in [-0.2, 0) is 6.18 Å². The van der Waals surface area contributed by atoms with Crippen LogP contribution in [0.25, 0.3) is 0 Å². The number of nitrogens with two attached hydrogens (primary N) is 1. The number of pyridine rings is 1. The third-order valence-electron chi connectivity index (χ3n) is 2.04. The van der Waals surface area contributed by atoms with Gasteiger partial charge in [0.25, 0.3) is 5.91 Å². The topological polar surface area (TPSA) is 96.4 Å². The van der Waals surface area contributed by atoms with Crippen molar-refractivity contribution in [2.75, 3.05) is 12.4 Å². The molecule has 0 saturated heterocycles. The number of carbonyl (C=O) groups is 1. The van der Waals surface area contributed by atoms with Gasteiger partial charge in [-0.1, -0.05) is 0 Å². The van der Waals surface area contributed by atoms with E-state index in [1.165, 1.54) is 0 Å². The molecule has 5 nitrogen and oxygen atoms in total. The lowest BCUT2D eigenvalue weighted by Crippen LogP contribution is -2.18. The summed E-state index contributed by atoms with van der Waals surface area (Å²) in [5.74, 6) is -1.02. The molecular formula is C10H11F3N2O3S. The van der Waals surface area contributed by atoms with Gasteiger partial charge in [-0.25, -0.2) is 4.98 Å². The van der Waals surface area contributed by atoms with E-state index in [0.29, 0.717) is 17.8 Å². The normalized spacial score (nSPS) is 13.3. The van der Waals surface area contributed by atoms with Gasteiger partial charge in [0.1, 0.15) is 10.7 Å². The largest absolute Gasteiger partial charge is 0.433 e. The summed E-state index contributed by atoms with van der Waals surface area (Å²) in [6.45, 7) is -0.544. The number of aliphatic hydroxyl groups excluding tert-OH is 2. The van der Waals surface area contributed by atoms with Crippen molar-refractivity contribution in [1.29, 1.82) is 0 Å². The number of hydrogen-bond donors (Lipinski definition) is 3. The molecule has 1 aromatic rings. The Morgan fingerprint density at radius 1 is 1.47 bits per heavy atom. The number of aromatic nitrogens is 1. The van der Waals surface area contributed by atoms with Gasteiger partial charge in [-0.15, -0.1) is 11.8 Å². The molecular weight excluding hydrogens is 285 g/mol. The molecule has 0 saturated carbocycles. The molecule has 1 atom stereocenters. The van der Waals surface area contributed by atoms with E-state index < -0.39 is 30.5 Å². The summed E-state index contributed by atoms with van der Waals surface area (Å²) in [6, 6.07) is 1.60. The number of rotatable bonds is 5. The molecule has 1 heterocycles. The third kappa shape index (κ3) is 4.37. The summed E-state index contributed by atoms with van der Waals surface area (Å²) in [6.07, 6.45) is -5.76. The van der Waals surface area contributed by atoms with Gasteiger partial charge in [0.2, 0.25) is 0 Å². The van der Waals surface area contributed by atoms with Crippen molar-refractivity contribution in [2.24, 2.45) is 5.73 Å². The summed E-state index contributed by atoms with van der Waals surface area (Å²) in [5, 5.41) is 17.5. The van der Waals surface area contributed by atoms with E-state index in [9.17, 15) is 18.0 Å². The fourth-order valence-electron chi connectivity index (χ4n) is 1.12. The maximum atomic E-state index is 12.5. The lowest BCUT2D eigenvalue weighted by atomic mass is 10.2. The van der Waals surface area contributed by atoms with E-state index in [1.54, 1.807) is 0 Å². The standard InChI is InChI=1S/C10H11F3N2O3S/c11-10(12,13)7-2-1-6(8(14)18)9(15-7)19-4-5(17)3-16/h1-2,5,16-17H,3-4H2,(H2,14,18). The SMILES string of the molecule is NC(=O)c1ccc(C(F)(F)F)nc1SCC(O)CO. The second-order valence-electron chi connectivity index (χ2n) is 3.56. The Hall–Kier alpha value is -1.32. The highest BCUT2D eigenvalue weighted by Gasteiger charge is 2.33. The first-order valence-electron chi connectivity index (χ1n) is 5.05. The van der Waals surface area contributed by atoms with Crippen molar-refractivity contribution in [3.63, 3.8) is 0 Å². The molecule has 1 unspecified atom stereocenters. The van der Waals surface area contributed by atoms with E-state index in [1.807, 2.05) is 0 Å². The zero-order valence-electron chi connectivity index (χ0n) is 9.52. The number of amides is 1. The number of alkyl halides is 3.